The van der Waals surface area contributed by atoms with E-state index in [1.54, 1.807) is 4.90 Å². The molecule has 0 bridgehead atoms. The summed E-state index contributed by atoms with van der Waals surface area (Å²) < 4.78 is 5.80. The van der Waals surface area contributed by atoms with E-state index in [1.807, 2.05) is 67.6 Å². The molecule has 2 aromatic rings. The minimum absolute atomic E-state index is 0.0303. The molecule has 0 aromatic heterocycles. The SMILES string of the molecule is C[C@@H](C(=O)Nc1ccccc1)[NH+]1CC[NH+](CCOc2ccccc2)CC1. The molecule has 0 aliphatic carbocycles. The highest BCUT2D eigenvalue weighted by atomic mass is 16.5. The van der Waals surface area contributed by atoms with Crippen molar-refractivity contribution >= 4 is 11.6 Å². The van der Waals surface area contributed by atoms with Gasteiger partial charge in [0.2, 0.25) is 0 Å². The minimum atomic E-state index is -0.0303. The highest BCUT2D eigenvalue weighted by Crippen LogP contribution is 2.07. The standard InChI is InChI=1S/C21H27N3O2/c1-18(21(25)22-19-8-4-2-5-9-19)24-14-12-23(13-15-24)16-17-26-20-10-6-3-7-11-20/h2-11,18H,12-17H2,1H3,(H,22,25)/p+2/t18-/m0/s1. The fourth-order valence-electron chi connectivity index (χ4n) is 3.40. The van der Waals surface area contributed by atoms with Crippen molar-refractivity contribution in [3.63, 3.8) is 0 Å². The summed E-state index contributed by atoms with van der Waals surface area (Å²) in [7, 11) is 0. The van der Waals surface area contributed by atoms with Crippen molar-refractivity contribution in [3.05, 3.63) is 60.7 Å². The van der Waals surface area contributed by atoms with Crippen LogP contribution >= 0.6 is 0 Å². The second-order valence-electron chi connectivity index (χ2n) is 6.90. The minimum Gasteiger partial charge on any atom is -0.488 e. The van der Waals surface area contributed by atoms with E-state index in [1.165, 1.54) is 4.90 Å². The van der Waals surface area contributed by atoms with Gasteiger partial charge in [0.15, 0.2) is 6.04 Å². The van der Waals surface area contributed by atoms with Gasteiger partial charge in [0, 0.05) is 5.69 Å². The maximum Gasteiger partial charge on any atom is 0.282 e. The number of hydrogen-bond acceptors (Lipinski definition) is 2. The summed E-state index contributed by atoms with van der Waals surface area (Å²) in [6.45, 7) is 7.96. The van der Waals surface area contributed by atoms with Crippen LogP contribution in [0.4, 0.5) is 5.69 Å². The summed E-state index contributed by atoms with van der Waals surface area (Å²) in [5.74, 6) is 1.03. The maximum absolute atomic E-state index is 12.5. The van der Waals surface area contributed by atoms with Crippen LogP contribution in [0.3, 0.4) is 0 Å². The smallest absolute Gasteiger partial charge is 0.282 e. The van der Waals surface area contributed by atoms with E-state index in [0.29, 0.717) is 0 Å². The number of nitrogens with one attached hydrogen (secondary N) is 3. The third kappa shape index (κ3) is 5.31. The number of hydrogen-bond donors (Lipinski definition) is 3. The summed E-state index contributed by atoms with van der Waals surface area (Å²) >= 11 is 0. The Balaban J connectivity index is 1.38. The van der Waals surface area contributed by atoms with Crippen molar-refractivity contribution in [2.24, 2.45) is 0 Å². The first kappa shape index (κ1) is 18.4. The second kappa shape index (κ2) is 9.36. The number of carbonyl (C=O) groups is 1. The monoisotopic (exact) mass is 355 g/mol. The van der Waals surface area contributed by atoms with Gasteiger partial charge in [-0.05, 0) is 31.2 Å². The third-order valence-corrected chi connectivity index (χ3v) is 5.11. The van der Waals surface area contributed by atoms with Crippen LogP contribution in [-0.2, 0) is 4.79 Å². The number of carbonyl (C=O) groups excluding carboxylic acids is 1. The Bertz CT molecular complexity index is 670. The summed E-state index contributed by atoms with van der Waals surface area (Å²) in [5, 5.41) is 3.02. The molecule has 1 saturated heterocycles. The fourth-order valence-corrected chi connectivity index (χ4v) is 3.40. The number of quaternary nitrogens is 2. The predicted molar refractivity (Wildman–Crippen MR) is 103 cm³/mol. The molecule has 1 aliphatic heterocycles. The van der Waals surface area contributed by atoms with Crippen molar-refractivity contribution in [2.45, 2.75) is 13.0 Å². The third-order valence-electron chi connectivity index (χ3n) is 5.11. The van der Waals surface area contributed by atoms with Crippen LogP contribution in [0.5, 0.6) is 5.75 Å². The topological polar surface area (TPSA) is 47.2 Å². The van der Waals surface area contributed by atoms with Gasteiger partial charge in [-0.25, -0.2) is 0 Å². The van der Waals surface area contributed by atoms with Crippen LogP contribution in [0.25, 0.3) is 0 Å². The van der Waals surface area contributed by atoms with Crippen molar-refractivity contribution in [2.75, 3.05) is 44.6 Å². The molecule has 1 aliphatic rings. The lowest BCUT2D eigenvalue weighted by Crippen LogP contribution is -3.30. The fraction of sp³-hybridized carbons (Fsp3) is 0.381. The number of rotatable bonds is 7. The van der Waals surface area contributed by atoms with Gasteiger partial charge in [-0.3, -0.25) is 4.79 Å². The van der Waals surface area contributed by atoms with Crippen LogP contribution in [0.1, 0.15) is 6.92 Å². The normalized spacial score (nSPS) is 21.0. The van der Waals surface area contributed by atoms with E-state index in [2.05, 4.69) is 5.32 Å². The Hall–Kier alpha value is -2.37. The lowest BCUT2D eigenvalue weighted by atomic mass is 10.2. The first-order valence-corrected chi connectivity index (χ1v) is 9.44. The highest BCUT2D eigenvalue weighted by molar-refractivity contribution is 5.93. The molecule has 1 heterocycles. The average Bonchev–Trinajstić information content (AvgIpc) is 2.69. The zero-order valence-corrected chi connectivity index (χ0v) is 15.4. The van der Waals surface area contributed by atoms with Crippen molar-refractivity contribution in [1.29, 1.82) is 0 Å². The molecule has 0 radical (unpaired) electrons. The molecule has 26 heavy (non-hydrogen) atoms. The van der Waals surface area contributed by atoms with Gasteiger partial charge in [-0.2, -0.15) is 0 Å². The quantitative estimate of drug-likeness (QED) is 0.648. The Morgan fingerprint density at radius 2 is 1.62 bits per heavy atom. The molecule has 1 fully saturated rings. The van der Waals surface area contributed by atoms with E-state index in [0.717, 1.165) is 50.8 Å². The number of para-hydroxylation sites is 2. The van der Waals surface area contributed by atoms with Gasteiger partial charge in [0.05, 0.1) is 0 Å². The van der Waals surface area contributed by atoms with Gasteiger partial charge in [-0.15, -0.1) is 0 Å². The molecule has 2 aromatic carbocycles. The lowest BCUT2D eigenvalue weighted by Gasteiger charge is -2.32. The van der Waals surface area contributed by atoms with E-state index in [4.69, 9.17) is 4.74 Å². The van der Waals surface area contributed by atoms with Gasteiger partial charge >= 0.3 is 0 Å². The number of piperazine rings is 1. The lowest BCUT2D eigenvalue weighted by molar-refractivity contribution is -1.02. The first-order chi connectivity index (χ1) is 12.7. The number of benzene rings is 2. The molecular formula is C21H29N3O2+2. The second-order valence-corrected chi connectivity index (χ2v) is 6.90. The molecule has 3 N–H and O–H groups in total. The Labute approximate surface area is 155 Å². The van der Waals surface area contributed by atoms with Crippen molar-refractivity contribution in [3.8, 4) is 5.75 Å². The van der Waals surface area contributed by atoms with Crippen molar-refractivity contribution < 1.29 is 19.3 Å². The predicted octanol–water partition coefficient (Wildman–Crippen LogP) is -0.124. The summed E-state index contributed by atoms with van der Waals surface area (Å²) in [6.07, 6.45) is 0. The molecule has 1 atom stereocenters. The Kier molecular flexibility index (Phi) is 6.63. The largest absolute Gasteiger partial charge is 0.488 e. The van der Waals surface area contributed by atoms with Crippen molar-refractivity contribution in [1.82, 2.24) is 0 Å². The van der Waals surface area contributed by atoms with Gasteiger partial charge in [-0.1, -0.05) is 36.4 Å². The summed E-state index contributed by atoms with van der Waals surface area (Å²) in [6, 6.07) is 19.6. The molecule has 0 unspecified atom stereocenters. The average molecular weight is 355 g/mol. The number of ether oxygens (including phenoxy) is 1. The van der Waals surface area contributed by atoms with Crippen LogP contribution in [0.2, 0.25) is 0 Å². The van der Waals surface area contributed by atoms with E-state index in [-0.39, 0.29) is 11.9 Å². The van der Waals surface area contributed by atoms with Gasteiger partial charge in [0.1, 0.15) is 45.1 Å². The molecule has 5 nitrogen and oxygen atoms in total. The van der Waals surface area contributed by atoms with Gasteiger partial charge in [0.25, 0.3) is 5.91 Å². The maximum atomic E-state index is 12.5. The molecule has 3 rings (SSSR count). The van der Waals surface area contributed by atoms with E-state index >= 15 is 0 Å². The van der Waals surface area contributed by atoms with E-state index in [9.17, 15) is 4.79 Å². The molecule has 138 valence electrons. The van der Waals surface area contributed by atoms with E-state index < -0.39 is 0 Å². The molecule has 0 saturated carbocycles. The number of anilines is 1. The number of amides is 1. The summed E-state index contributed by atoms with van der Waals surface area (Å²) in [4.78, 5) is 15.4. The summed E-state index contributed by atoms with van der Waals surface area (Å²) in [5.41, 5.74) is 0.867. The van der Waals surface area contributed by atoms with Crippen LogP contribution in [0, 0.1) is 0 Å². The molecule has 0 spiro atoms. The molecule has 1 amide bonds. The van der Waals surface area contributed by atoms with Crippen LogP contribution < -0.4 is 19.9 Å². The molecule has 5 heteroatoms. The van der Waals surface area contributed by atoms with Gasteiger partial charge < -0.3 is 19.9 Å². The Morgan fingerprint density at radius 1 is 1.00 bits per heavy atom. The zero-order valence-electron chi connectivity index (χ0n) is 15.4. The highest BCUT2D eigenvalue weighted by Gasteiger charge is 2.30. The van der Waals surface area contributed by atoms with Crippen LogP contribution in [0.15, 0.2) is 60.7 Å². The Morgan fingerprint density at radius 3 is 2.27 bits per heavy atom. The van der Waals surface area contributed by atoms with Crippen LogP contribution in [-0.4, -0.2) is 51.3 Å². The zero-order chi connectivity index (χ0) is 18.2. The first-order valence-electron chi connectivity index (χ1n) is 9.44. The molecular weight excluding hydrogens is 326 g/mol.